The Kier molecular flexibility index (Phi) is 3.29. The zero-order valence-electron chi connectivity index (χ0n) is 10.5. The average Bonchev–Trinajstić information content (AvgIpc) is 2.98. The van der Waals surface area contributed by atoms with E-state index in [1.165, 1.54) is 12.1 Å². The van der Waals surface area contributed by atoms with Gasteiger partial charge in [0.2, 0.25) is 0 Å². The first-order valence-electron chi connectivity index (χ1n) is 6.55. The molecular formula is C14H17ClFNO2. The summed E-state index contributed by atoms with van der Waals surface area (Å²) in [6.07, 6.45) is 1.70. The molecule has 4 unspecified atom stereocenters. The number of aliphatic hydroxyl groups excluding tert-OH is 1. The van der Waals surface area contributed by atoms with Crippen LogP contribution in [0, 0.1) is 11.2 Å². The van der Waals surface area contributed by atoms with E-state index in [1.807, 2.05) is 0 Å². The van der Waals surface area contributed by atoms with E-state index in [0.29, 0.717) is 11.4 Å². The lowest BCUT2D eigenvalue weighted by Gasteiger charge is -2.38. The van der Waals surface area contributed by atoms with Gasteiger partial charge in [0.05, 0.1) is 18.3 Å². The first kappa shape index (κ1) is 13.3. The van der Waals surface area contributed by atoms with Gasteiger partial charge in [-0.2, -0.15) is 0 Å². The highest BCUT2D eigenvalue weighted by Crippen LogP contribution is 2.53. The van der Waals surface area contributed by atoms with Crippen molar-refractivity contribution in [3.05, 3.63) is 34.6 Å². The highest BCUT2D eigenvalue weighted by atomic mass is 35.5. The normalized spacial score (nSPS) is 34.7. The van der Waals surface area contributed by atoms with Gasteiger partial charge in [-0.15, -0.1) is 0 Å². The van der Waals surface area contributed by atoms with Crippen molar-refractivity contribution < 1.29 is 14.2 Å². The zero-order chi connectivity index (χ0) is 13.6. The topological polar surface area (TPSA) is 55.5 Å². The summed E-state index contributed by atoms with van der Waals surface area (Å²) in [4.78, 5) is 0. The van der Waals surface area contributed by atoms with Crippen LogP contribution < -0.4 is 5.73 Å². The van der Waals surface area contributed by atoms with Gasteiger partial charge in [0.25, 0.3) is 0 Å². The molecule has 1 aromatic rings. The minimum atomic E-state index is -0.954. The number of ether oxygens (including phenoxy) is 1. The van der Waals surface area contributed by atoms with Crippen LogP contribution in [0.2, 0.25) is 5.02 Å². The molecule has 4 atom stereocenters. The Labute approximate surface area is 116 Å². The quantitative estimate of drug-likeness (QED) is 0.897. The molecule has 2 fully saturated rings. The third kappa shape index (κ3) is 1.98. The van der Waals surface area contributed by atoms with Gasteiger partial charge in [0.15, 0.2) is 0 Å². The molecule has 0 saturated carbocycles. The van der Waals surface area contributed by atoms with E-state index >= 15 is 0 Å². The molecular weight excluding hydrogens is 269 g/mol. The van der Waals surface area contributed by atoms with Crippen molar-refractivity contribution in [2.45, 2.75) is 37.6 Å². The van der Waals surface area contributed by atoms with Gasteiger partial charge in [-0.1, -0.05) is 17.7 Å². The highest BCUT2D eigenvalue weighted by molar-refractivity contribution is 6.30. The molecule has 3 nitrogen and oxygen atoms in total. The molecule has 104 valence electrons. The monoisotopic (exact) mass is 285 g/mol. The number of aliphatic hydroxyl groups is 1. The highest BCUT2D eigenvalue weighted by Gasteiger charge is 2.56. The van der Waals surface area contributed by atoms with E-state index in [4.69, 9.17) is 22.1 Å². The molecule has 2 saturated heterocycles. The fraction of sp³-hybridized carbons (Fsp3) is 0.571. The van der Waals surface area contributed by atoms with Crippen molar-refractivity contribution >= 4 is 11.6 Å². The fourth-order valence-corrected chi connectivity index (χ4v) is 3.64. The van der Waals surface area contributed by atoms with Gasteiger partial charge in [-0.05, 0) is 31.4 Å². The molecule has 0 radical (unpaired) electrons. The van der Waals surface area contributed by atoms with Crippen molar-refractivity contribution in [1.82, 2.24) is 0 Å². The van der Waals surface area contributed by atoms with Crippen molar-refractivity contribution in [2.24, 2.45) is 11.1 Å². The molecule has 3 N–H and O–H groups in total. The molecule has 2 aliphatic rings. The molecule has 3 rings (SSSR count). The van der Waals surface area contributed by atoms with Crippen LogP contribution in [0.15, 0.2) is 18.2 Å². The maximum absolute atomic E-state index is 14.0. The second kappa shape index (κ2) is 4.70. The van der Waals surface area contributed by atoms with Gasteiger partial charge >= 0.3 is 0 Å². The second-order valence-corrected chi connectivity index (χ2v) is 5.97. The predicted octanol–water partition coefficient (Wildman–Crippen LogP) is 2.41. The van der Waals surface area contributed by atoms with Crippen LogP contribution in [0.3, 0.4) is 0 Å². The van der Waals surface area contributed by atoms with Crippen LogP contribution in [0.25, 0.3) is 0 Å². The predicted molar refractivity (Wildman–Crippen MR) is 70.4 cm³/mol. The van der Waals surface area contributed by atoms with Gasteiger partial charge < -0.3 is 15.6 Å². The maximum atomic E-state index is 14.0. The van der Waals surface area contributed by atoms with Crippen molar-refractivity contribution in [1.29, 1.82) is 0 Å². The first-order chi connectivity index (χ1) is 9.06. The van der Waals surface area contributed by atoms with Crippen LogP contribution in [-0.2, 0) is 4.74 Å². The summed E-state index contributed by atoms with van der Waals surface area (Å²) < 4.78 is 19.8. The lowest BCUT2D eigenvalue weighted by molar-refractivity contribution is -0.0279. The number of hydrogen-bond donors (Lipinski definition) is 2. The second-order valence-electron chi connectivity index (χ2n) is 5.53. The minimum absolute atomic E-state index is 0.0763. The summed E-state index contributed by atoms with van der Waals surface area (Å²) in [6, 6.07) is 4.34. The molecule has 0 spiro atoms. The van der Waals surface area contributed by atoms with Crippen LogP contribution in [0.4, 0.5) is 4.39 Å². The summed E-state index contributed by atoms with van der Waals surface area (Å²) in [5.41, 5.74) is 5.57. The summed E-state index contributed by atoms with van der Waals surface area (Å²) in [6.45, 7) is 0.289. The third-order valence-electron chi connectivity index (χ3n) is 4.54. The Bertz CT molecular complexity index is 498. The zero-order valence-corrected chi connectivity index (χ0v) is 11.2. The van der Waals surface area contributed by atoms with E-state index in [2.05, 4.69) is 0 Å². The molecule has 0 amide bonds. The maximum Gasteiger partial charge on any atom is 0.130 e. The Morgan fingerprint density at radius 1 is 1.53 bits per heavy atom. The smallest absolute Gasteiger partial charge is 0.130 e. The van der Waals surface area contributed by atoms with Crippen molar-refractivity contribution in [3.8, 4) is 0 Å². The summed E-state index contributed by atoms with van der Waals surface area (Å²) in [5, 5.41) is 10.9. The van der Waals surface area contributed by atoms with Crippen LogP contribution in [0.1, 0.15) is 30.9 Å². The lowest BCUT2D eigenvalue weighted by atomic mass is 9.68. The number of halogens is 2. The van der Waals surface area contributed by atoms with E-state index in [0.717, 1.165) is 12.8 Å². The fourth-order valence-electron chi connectivity index (χ4n) is 3.48. The molecule has 1 aromatic carbocycles. The number of nitrogens with two attached hydrogens (primary N) is 1. The standard InChI is InChI=1S/C14H17ClFNO2/c15-8-1-3-10(11(16)5-8)13(18)14(7-17)6-9-2-4-12(14)19-9/h1,3,5,9,12-13,18H,2,4,6-7,17H2. The van der Waals surface area contributed by atoms with Crippen LogP contribution >= 0.6 is 11.6 Å². The van der Waals surface area contributed by atoms with Gasteiger partial charge in [-0.3, -0.25) is 0 Å². The minimum Gasteiger partial charge on any atom is -0.388 e. The third-order valence-corrected chi connectivity index (χ3v) is 4.77. The molecule has 2 heterocycles. The van der Waals surface area contributed by atoms with E-state index in [9.17, 15) is 9.50 Å². The van der Waals surface area contributed by atoms with Gasteiger partial charge in [0.1, 0.15) is 5.82 Å². The summed E-state index contributed by atoms with van der Waals surface area (Å²) in [5.74, 6) is -0.490. The number of benzene rings is 1. The molecule has 5 heteroatoms. The Morgan fingerprint density at radius 3 is 2.84 bits per heavy atom. The molecule has 19 heavy (non-hydrogen) atoms. The van der Waals surface area contributed by atoms with Gasteiger partial charge in [0, 0.05) is 22.5 Å². The van der Waals surface area contributed by atoms with Crippen molar-refractivity contribution in [2.75, 3.05) is 6.54 Å². The van der Waals surface area contributed by atoms with Crippen LogP contribution in [0.5, 0.6) is 0 Å². The largest absolute Gasteiger partial charge is 0.388 e. The Balaban J connectivity index is 1.96. The van der Waals surface area contributed by atoms with Gasteiger partial charge in [-0.25, -0.2) is 4.39 Å². The first-order valence-corrected chi connectivity index (χ1v) is 6.93. The number of fused-ring (bicyclic) bond motifs is 2. The number of hydrogen-bond acceptors (Lipinski definition) is 3. The Morgan fingerprint density at radius 2 is 2.32 bits per heavy atom. The Hall–Kier alpha value is -0.680. The molecule has 2 aliphatic heterocycles. The van der Waals surface area contributed by atoms with E-state index in [-0.39, 0.29) is 24.3 Å². The molecule has 0 aliphatic carbocycles. The average molecular weight is 286 g/mol. The van der Waals surface area contributed by atoms with Crippen molar-refractivity contribution in [3.63, 3.8) is 0 Å². The lowest BCUT2D eigenvalue weighted by Crippen LogP contribution is -2.44. The molecule has 2 bridgehead atoms. The summed E-state index contributed by atoms with van der Waals surface area (Å²) in [7, 11) is 0. The molecule has 0 aromatic heterocycles. The van der Waals surface area contributed by atoms with E-state index < -0.39 is 17.3 Å². The SMILES string of the molecule is NCC1(C(O)c2ccc(Cl)cc2F)CC2CCC1O2. The van der Waals surface area contributed by atoms with E-state index in [1.54, 1.807) is 6.07 Å². The number of rotatable bonds is 3. The summed E-state index contributed by atoms with van der Waals surface area (Å²) >= 11 is 5.74. The van der Waals surface area contributed by atoms with Crippen LogP contribution in [-0.4, -0.2) is 23.9 Å².